The van der Waals surface area contributed by atoms with Gasteiger partial charge in [-0.15, -0.1) is 5.10 Å². The Bertz CT molecular complexity index is 319. The van der Waals surface area contributed by atoms with Crippen molar-refractivity contribution >= 4 is 0 Å². The molecule has 0 bridgehead atoms. The average Bonchev–Trinajstić information content (AvgIpc) is 2.96. The quantitative estimate of drug-likeness (QED) is 0.735. The van der Waals surface area contributed by atoms with Gasteiger partial charge in [0.1, 0.15) is 0 Å². The van der Waals surface area contributed by atoms with E-state index in [0.717, 1.165) is 30.3 Å². The van der Waals surface area contributed by atoms with Gasteiger partial charge in [-0.05, 0) is 25.3 Å². The van der Waals surface area contributed by atoms with Gasteiger partial charge in [0.05, 0.1) is 18.0 Å². The Morgan fingerprint density at radius 1 is 1.53 bits per heavy atom. The molecule has 5 nitrogen and oxygen atoms in total. The molecule has 2 N–H and O–H groups in total. The molecule has 15 heavy (non-hydrogen) atoms. The van der Waals surface area contributed by atoms with E-state index in [9.17, 15) is 0 Å². The standard InChI is InChI=1S/C10H18N4O/c1-15-7-10-9(4-5-11)12-13-14(10)6-8-2-3-8/h8H,2-7,11H2,1H3. The number of hydrogen-bond acceptors (Lipinski definition) is 4. The molecule has 1 saturated carbocycles. The van der Waals surface area contributed by atoms with E-state index in [1.807, 2.05) is 4.68 Å². The molecule has 1 aliphatic carbocycles. The fraction of sp³-hybridized carbons (Fsp3) is 0.800. The maximum Gasteiger partial charge on any atom is 0.0900 e. The molecule has 0 aromatic carbocycles. The Balaban J connectivity index is 2.11. The van der Waals surface area contributed by atoms with E-state index in [2.05, 4.69) is 10.3 Å². The molecule has 1 aromatic rings. The van der Waals surface area contributed by atoms with E-state index >= 15 is 0 Å². The zero-order chi connectivity index (χ0) is 10.7. The van der Waals surface area contributed by atoms with Gasteiger partial charge < -0.3 is 10.5 Å². The van der Waals surface area contributed by atoms with Crippen molar-refractivity contribution in [1.82, 2.24) is 15.0 Å². The van der Waals surface area contributed by atoms with E-state index < -0.39 is 0 Å². The summed E-state index contributed by atoms with van der Waals surface area (Å²) in [5.41, 5.74) is 7.61. The van der Waals surface area contributed by atoms with Crippen LogP contribution in [0.1, 0.15) is 24.2 Å². The first kappa shape index (κ1) is 10.6. The third kappa shape index (κ3) is 2.54. The van der Waals surface area contributed by atoms with Crippen LogP contribution in [-0.4, -0.2) is 28.6 Å². The zero-order valence-corrected chi connectivity index (χ0v) is 9.15. The lowest BCUT2D eigenvalue weighted by atomic mass is 10.2. The van der Waals surface area contributed by atoms with Crippen molar-refractivity contribution in [3.63, 3.8) is 0 Å². The highest BCUT2D eigenvalue weighted by atomic mass is 16.5. The lowest BCUT2D eigenvalue weighted by Gasteiger charge is -2.05. The molecule has 2 rings (SSSR count). The molecule has 0 saturated heterocycles. The second-order valence-corrected chi connectivity index (χ2v) is 4.08. The molecule has 0 atom stereocenters. The maximum absolute atomic E-state index is 5.53. The Hall–Kier alpha value is -0.940. The first-order chi connectivity index (χ1) is 7.35. The number of nitrogens with zero attached hydrogens (tertiary/aromatic N) is 3. The van der Waals surface area contributed by atoms with Gasteiger partial charge in [-0.25, -0.2) is 4.68 Å². The lowest BCUT2D eigenvalue weighted by Crippen LogP contribution is -2.10. The van der Waals surface area contributed by atoms with Gasteiger partial charge in [0, 0.05) is 20.1 Å². The summed E-state index contributed by atoms with van der Waals surface area (Å²) in [6.07, 6.45) is 3.42. The highest BCUT2D eigenvalue weighted by Crippen LogP contribution is 2.30. The molecule has 0 amide bonds. The van der Waals surface area contributed by atoms with Crippen molar-refractivity contribution < 1.29 is 4.74 Å². The van der Waals surface area contributed by atoms with E-state index in [-0.39, 0.29) is 0 Å². The Morgan fingerprint density at radius 3 is 2.93 bits per heavy atom. The van der Waals surface area contributed by atoms with Crippen molar-refractivity contribution in [2.24, 2.45) is 11.7 Å². The second-order valence-electron chi connectivity index (χ2n) is 4.08. The molecule has 0 spiro atoms. The summed E-state index contributed by atoms with van der Waals surface area (Å²) in [6, 6.07) is 0. The van der Waals surface area contributed by atoms with Crippen LogP contribution >= 0.6 is 0 Å². The van der Waals surface area contributed by atoms with E-state index in [4.69, 9.17) is 10.5 Å². The molecule has 1 fully saturated rings. The topological polar surface area (TPSA) is 66.0 Å². The molecule has 0 unspecified atom stereocenters. The van der Waals surface area contributed by atoms with Crippen LogP contribution in [0.25, 0.3) is 0 Å². The van der Waals surface area contributed by atoms with Crippen LogP contribution in [0, 0.1) is 5.92 Å². The van der Waals surface area contributed by atoms with E-state index in [0.29, 0.717) is 13.2 Å². The predicted octanol–water partition coefficient (Wildman–Crippen LogP) is 0.336. The van der Waals surface area contributed by atoms with Crippen LogP contribution in [0.3, 0.4) is 0 Å². The number of rotatable bonds is 6. The fourth-order valence-electron chi connectivity index (χ4n) is 1.69. The van der Waals surface area contributed by atoms with Gasteiger partial charge in [0.25, 0.3) is 0 Å². The van der Waals surface area contributed by atoms with Gasteiger partial charge in [0.2, 0.25) is 0 Å². The number of nitrogens with two attached hydrogens (primary N) is 1. The van der Waals surface area contributed by atoms with Crippen molar-refractivity contribution in [3.8, 4) is 0 Å². The minimum absolute atomic E-state index is 0.578. The van der Waals surface area contributed by atoms with Crippen LogP contribution in [-0.2, 0) is 24.3 Å². The third-order valence-corrected chi connectivity index (χ3v) is 2.71. The summed E-state index contributed by atoms with van der Waals surface area (Å²) in [4.78, 5) is 0. The molecule has 5 heteroatoms. The molecule has 84 valence electrons. The number of hydrogen-bond donors (Lipinski definition) is 1. The van der Waals surface area contributed by atoms with Gasteiger partial charge in [-0.1, -0.05) is 5.21 Å². The maximum atomic E-state index is 5.53. The van der Waals surface area contributed by atoms with E-state index in [1.165, 1.54) is 12.8 Å². The monoisotopic (exact) mass is 210 g/mol. The average molecular weight is 210 g/mol. The minimum Gasteiger partial charge on any atom is -0.378 e. The highest BCUT2D eigenvalue weighted by molar-refractivity contribution is 5.10. The molecule has 1 aromatic heterocycles. The summed E-state index contributed by atoms with van der Waals surface area (Å²) < 4.78 is 7.15. The smallest absolute Gasteiger partial charge is 0.0900 e. The summed E-state index contributed by atoms with van der Waals surface area (Å²) in [5, 5.41) is 8.32. The van der Waals surface area contributed by atoms with Crippen molar-refractivity contribution in [2.45, 2.75) is 32.4 Å². The molecule has 1 aliphatic rings. The molecule has 0 aliphatic heterocycles. The number of ether oxygens (including phenoxy) is 1. The summed E-state index contributed by atoms with van der Waals surface area (Å²) >= 11 is 0. The summed E-state index contributed by atoms with van der Waals surface area (Å²) in [6.45, 7) is 2.17. The largest absolute Gasteiger partial charge is 0.378 e. The van der Waals surface area contributed by atoms with Crippen molar-refractivity contribution in [3.05, 3.63) is 11.4 Å². The second kappa shape index (κ2) is 4.72. The van der Waals surface area contributed by atoms with Crippen molar-refractivity contribution in [1.29, 1.82) is 0 Å². The van der Waals surface area contributed by atoms with Crippen LogP contribution in [0.4, 0.5) is 0 Å². The van der Waals surface area contributed by atoms with Gasteiger partial charge >= 0.3 is 0 Å². The van der Waals surface area contributed by atoms with Crippen LogP contribution in [0.5, 0.6) is 0 Å². The first-order valence-electron chi connectivity index (χ1n) is 5.45. The third-order valence-electron chi connectivity index (χ3n) is 2.71. The Kier molecular flexibility index (Phi) is 3.33. The van der Waals surface area contributed by atoms with Gasteiger partial charge in [-0.2, -0.15) is 0 Å². The van der Waals surface area contributed by atoms with Gasteiger partial charge in [-0.3, -0.25) is 0 Å². The Morgan fingerprint density at radius 2 is 2.33 bits per heavy atom. The van der Waals surface area contributed by atoms with Crippen molar-refractivity contribution in [2.75, 3.05) is 13.7 Å². The van der Waals surface area contributed by atoms with Gasteiger partial charge in [0.15, 0.2) is 0 Å². The normalized spacial score (nSPS) is 15.9. The Labute approximate surface area is 89.6 Å². The molecule has 0 radical (unpaired) electrons. The first-order valence-corrected chi connectivity index (χ1v) is 5.45. The van der Waals surface area contributed by atoms with Crippen LogP contribution in [0.2, 0.25) is 0 Å². The highest BCUT2D eigenvalue weighted by Gasteiger charge is 2.24. The summed E-state index contributed by atoms with van der Waals surface area (Å²) in [5.74, 6) is 0.799. The molecular weight excluding hydrogens is 192 g/mol. The minimum atomic E-state index is 0.578. The summed E-state index contributed by atoms with van der Waals surface area (Å²) in [7, 11) is 1.70. The lowest BCUT2D eigenvalue weighted by molar-refractivity contribution is 0.175. The zero-order valence-electron chi connectivity index (χ0n) is 9.15. The predicted molar refractivity (Wildman–Crippen MR) is 56.2 cm³/mol. The fourth-order valence-corrected chi connectivity index (χ4v) is 1.69. The molecule has 1 heterocycles. The van der Waals surface area contributed by atoms with Crippen LogP contribution in [0.15, 0.2) is 0 Å². The SMILES string of the molecule is COCc1c(CCN)nnn1CC1CC1. The molecular formula is C10H18N4O. The number of methoxy groups -OCH3 is 1. The van der Waals surface area contributed by atoms with E-state index in [1.54, 1.807) is 7.11 Å². The van der Waals surface area contributed by atoms with Crippen LogP contribution < -0.4 is 5.73 Å². The number of aromatic nitrogens is 3.